The van der Waals surface area contributed by atoms with Gasteiger partial charge in [0.2, 0.25) is 0 Å². The molecule has 1 aliphatic carbocycles. The van der Waals surface area contributed by atoms with E-state index in [-0.39, 0.29) is 17.5 Å². The molecule has 0 radical (unpaired) electrons. The van der Waals surface area contributed by atoms with Crippen molar-refractivity contribution in [2.45, 2.75) is 79.1 Å². The van der Waals surface area contributed by atoms with Gasteiger partial charge < -0.3 is 9.47 Å². The van der Waals surface area contributed by atoms with Crippen molar-refractivity contribution in [3.63, 3.8) is 0 Å². The van der Waals surface area contributed by atoms with Gasteiger partial charge >= 0.3 is 5.97 Å². The van der Waals surface area contributed by atoms with E-state index in [2.05, 4.69) is 72.5 Å². The Balaban J connectivity index is 1.35. The lowest BCUT2D eigenvalue weighted by Gasteiger charge is -2.20. The molecular weight excluding hydrogens is 476 g/mol. The second-order valence-corrected chi connectivity index (χ2v) is 12.0. The van der Waals surface area contributed by atoms with Gasteiger partial charge in [-0.3, -0.25) is 0 Å². The summed E-state index contributed by atoms with van der Waals surface area (Å²) in [5.74, 6) is 7.24. The minimum atomic E-state index is -0.827. The molecule has 4 heteroatoms. The predicted octanol–water partition coefficient (Wildman–Crippen LogP) is 7.85. The molecule has 37 heavy (non-hydrogen) atoms. The third kappa shape index (κ3) is 8.44. The van der Waals surface area contributed by atoms with Gasteiger partial charge in [-0.05, 0) is 75.2 Å². The summed E-state index contributed by atoms with van der Waals surface area (Å²) in [6.07, 6.45) is 8.71. The molecule has 0 aliphatic heterocycles. The fraction of sp³-hybridized carbons (Fsp3) is 0.364. The first-order valence-electron chi connectivity index (χ1n) is 13.3. The standard InChI is InChI=1S/C33H37O3S/c1-33(2,25-24-27-14-8-4-3-5-9-15-27)36-32(34)26-35-28-20-22-31(23-21-28)37(29-16-10-6-11-17-29)30-18-12-7-13-19-30/h6-7,10-13,16-23,27H,3-5,8-9,14-15,26H2,1-2H3/q+1. The van der Waals surface area contributed by atoms with E-state index in [4.69, 9.17) is 9.47 Å². The Bertz CT molecular complexity index is 1130. The van der Waals surface area contributed by atoms with Crippen LogP contribution >= 0.6 is 0 Å². The van der Waals surface area contributed by atoms with Crippen molar-refractivity contribution in [1.82, 2.24) is 0 Å². The van der Waals surface area contributed by atoms with Gasteiger partial charge in [0.25, 0.3) is 0 Å². The molecule has 1 aliphatic rings. The van der Waals surface area contributed by atoms with Crippen molar-refractivity contribution in [2.24, 2.45) is 5.92 Å². The smallest absolute Gasteiger partial charge is 0.345 e. The number of carbonyl (C=O) groups is 1. The summed E-state index contributed by atoms with van der Waals surface area (Å²) in [5.41, 5.74) is -0.827. The van der Waals surface area contributed by atoms with Crippen LogP contribution in [0.15, 0.2) is 99.6 Å². The molecule has 1 fully saturated rings. The van der Waals surface area contributed by atoms with Crippen molar-refractivity contribution in [2.75, 3.05) is 6.61 Å². The van der Waals surface area contributed by atoms with Crippen LogP contribution in [-0.4, -0.2) is 18.2 Å². The fourth-order valence-electron chi connectivity index (χ4n) is 4.55. The zero-order chi connectivity index (χ0) is 25.9. The van der Waals surface area contributed by atoms with Gasteiger partial charge in [-0.2, -0.15) is 0 Å². The molecule has 3 aromatic rings. The summed E-state index contributed by atoms with van der Waals surface area (Å²) in [6.45, 7) is 3.56. The molecule has 0 N–H and O–H groups in total. The summed E-state index contributed by atoms with van der Waals surface area (Å²) < 4.78 is 11.4. The molecule has 0 bridgehead atoms. The summed E-state index contributed by atoms with van der Waals surface area (Å²) in [6, 6.07) is 29.0. The maximum atomic E-state index is 12.5. The maximum Gasteiger partial charge on any atom is 0.345 e. The molecule has 1 saturated carbocycles. The molecule has 0 unspecified atom stereocenters. The highest BCUT2D eigenvalue weighted by Gasteiger charge is 2.28. The van der Waals surface area contributed by atoms with E-state index in [9.17, 15) is 4.79 Å². The van der Waals surface area contributed by atoms with Crippen LogP contribution < -0.4 is 4.74 Å². The van der Waals surface area contributed by atoms with Crippen LogP contribution in [0.5, 0.6) is 5.75 Å². The topological polar surface area (TPSA) is 35.5 Å². The van der Waals surface area contributed by atoms with Crippen LogP contribution in [0.25, 0.3) is 0 Å². The molecular formula is C33H37O3S+. The first-order valence-corrected chi connectivity index (χ1v) is 14.5. The third-order valence-corrected chi connectivity index (χ3v) is 8.66. The number of hydrogen-bond acceptors (Lipinski definition) is 3. The van der Waals surface area contributed by atoms with E-state index in [1.165, 1.54) is 46.8 Å². The molecule has 3 aromatic carbocycles. The van der Waals surface area contributed by atoms with Crippen LogP contribution in [0.2, 0.25) is 0 Å². The molecule has 0 saturated heterocycles. The largest absolute Gasteiger partial charge is 0.482 e. The van der Waals surface area contributed by atoms with Gasteiger partial charge in [-0.1, -0.05) is 80.3 Å². The number of hydrogen-bond donors (Lipinski definition) is 0. The maximum absolute atomic E-state index is 12.5. The number of carbonyl (C=O) groups excluding carboxylic acids is 1. The molecule has 192 valence electrons. The van der Waals surface area contributed by atoms with Gasteiger partial charge in [0.1, 0.15) is 5.75 Å². The second kappa shape index (κ2) is 13.4. The van der Waals surface area contributed by atoms with E-state index >= 15 is 0 Å². The fourth-order valence-corrected chi connectivity index (χ4v) is 6.63. The zero-order valence-electron chi connectivity index (χ0n) is 22.0. The minimum Gasteiger partial charge on any atom is -0.482 e. The number of esters is 1. The molecule has 0 amide bonds. The quantitative estimate of drug-likeness (QED) is 0.183. The monoisotopic (exact) mass is 513 g/mol. The highest BCUT2D eigenvalue weighted by atomic mass is 32.2. The van der Waals surface area contributed by atoms with Gasteiger partial charge in [0, 0.05) is 5.92 Å². The average Bonchev–Trinajstić information content (AvgIpc) is 2.89. The lowest BCUT2D eigenvalue weighted by atomic mass is 9.91. The second-order valence-electron chi connectivity index (χ2n) is 9.99. The number of benzene rings is 3. The summed E-state index contributed by atoms with van der Waals surface area (Å²) >= 11 is 0. The molecule has 0 spiro atoms. The van der Waals surface area contributed by atoms with E-state index in [0.717, 1.165) is 12.8 Å². The van der Waals surface area contributed by atoms with Crippen molar-refractivity contribution in [3.05, 3.63) is 84.9 Å². The first-order chi connectivity index (χ1) is 18.0. The van der Waals surface area contributed by atoms with Gasteiger partial charge in [0.05, 0.1) is 10.9 Å². The van der Waals surface area contributed by atoms with Crippen LogP contribution in [0, 0.1) is 17.8 Å². The van der Waals surface area contributed by atoms with Crippen molar-refractivity contribution < 1.29 is 14.3 Å². The number of ether oxygens (including phenoxy) is 2. The Morgan fingerprint density at radius 2 is 1.30 bits per heavy atom. The van der Waals surface area contributed by atoms with Crippen LogP contribution in [0.3, 0.4) is 0 Å². The molecule has 0 heterocycles. The molecule has 3 nitrogen and oxygen atoms in total. The first kappa shape index (κ1) is 26.9. The van der Waals surface area contributed by atoms with E-state index in [1.54, 1.807) is 0 Å². The highest BCUT2D eigenvalue weighted by molar-refractivity contribution is 7.97. The lowest BCUT2D eigenvalue weighted by molar-refractivity contribution is -0.154. The van der Waals surface area contributed by atoms with Gasteiger partial charge in [0.15, 0.2) is 26.9 Å². The lowest BCUT2D eigenvalue weighted by Crippen LogP contribution is -2.29. The summed E-state index contributed by atoms with van der Waals surface area (Å²) in [4.78, 5) is 16.2. The average molecular weight is 514 g/mol. The van der Waals surface area contributed by atoms with E-state index in [0.29, 0.717) is 11.7 Å². The van der Waals surface area contributed by atoms with Crippen LogP contribution in [0.1, 0.15) is 58.8 Å². The summed E-state index contributed by atoms with van der Waals surface area (Å²) in [5, 5.41) is 0. The van der Waals surface area contributed by atoms with E-state index < -0.39 is 11.6 Å². The van der Waals surface area contributed by atoms with Gasteiger partial charge in [-0.15, -0.1) is 0 Å². The SMILES string of the molecule is CC(C)(C#CC1CCCCCCC1)OC(=O)COc1ccc([S+](c2ccccc2)c2ccccc2)cc1. The Kier molecular flexibility index (Phi) is 9.74. The normalized spacial score (nSPS) is 14.7. The van der Waals surface area contributed by atoms with Crippen molar-refractivity contribution in [3.8, 4) is 17.6 Å². The highest BCUT2D eigenvalue weighted by Crippen LogP contribution is 2.32. The molecule has 0 atom stereocenters. The Labute approximate surface area is 224 Å². The Morgan fingerprint density at radius 1 is 0.784 bits per heavy atom. The third-order valence-electron chi connectivity index (χ3n) is 6.43. The summed E-state index contributed by atoms with van der Waals surface area (Å²) in [7, 11) is -0.218. The zero-order valence-corrected chi connectivity index (χ0v) is 22.8. The number of rotatable bonds is 7. The molecule has 4 rings (SSSR count). The minimum absolute atomic E-state index is 0.142. The Morgan fingerprint density at radius 3 is 1.86 bits per heavy atom. The van der Waals surface area contributed by atoms with Crippen molar-refractivity contribution >= 4 is 16.9 Å². The van der Waals surface area contributed by atoms with Crippen molar-refractivity contribution in [1.29, 1.82) is 0 Å². The van der Waals surface area contributed by atoms with Gasteiger partial charge in [-0.25, -0.2) is 4.79 Å². The van der Waals surface area contributed by atoms with E-state index in [1.807, 2.05) is 38.1 Å². The van der Waals surface area contributed by atoms with Crippen LogP contribution in [-0.2, 0) is 20.4 Å². The Hall–Kier alpha value is -3.16. The predicted molar refractivity (Wildman–Crippen MR) is 151 cm³/mol. The molecule has 0 aromatic heterocycles. The van der Waals surface area contributed by atoms with Crippen LogP contribution in [0.4, 0.5) is 0 Å².